The van der Waals surface area contributed by atoms with E-state index in [0.717, 1.165) is 54.7 Å². The van der Waals surface area contributed by atoms with Crippen LogP contribution in [0.4, 0.5) is 0 Å². The van der Waals surface area contributed by atoms with Crippen LogP contribution in [0.1, 0.15) is 69.2 Å². The zero-order valence-electron chi connectivity index (χ0n) is 20.7. The molecule has 1 saturated carbocycles. The molecule has 5 rings (SSSR count). The Hall–Kier alpha value is -2.54. The summed E-state index contributed by atoms with van der Waals surface area (Å²) in [6, 6.07) is 5.80. The van der Waals surface area contributed by atoms with Crippen molar-refractivity contribution in [3.8, 4) is 5.75 Å². The molecule has 2 amide bonds. The van der Waals surface area contributed by atoms with Crippen molar-refractivity contribution in [2.24, 2.45) is 13.0 Å². The number of aryl methyl sites for hydroxylation is 1. The molecule has 2 fully saturated rings. The minimum absolute atomic E-state index is 0.0988. The molecule has 1 spiro atoms. The first-order chi connectivity index (χ1) is 16.4. The fourth-order valence-corrected chi connectivity index (χ4v) is 6.27. The molecule has 3 heterocycles. The van der Waals surface area contributed by atoms with Crippen molar-refractivity contribution in [1.29, 1.82) is 0 Å². The van der Waals surface area contributed by atoms with Gasteiger partial charge in [0.25, 0.3) is 0 Å². The Morgan fingerprint density at radius 1 is 1.18 bits per heavy atom. The monoisotopic (exact) mass is 467 g/mol. The third-order valence-corrected chi connectivity index (χ3v) is 8.34. The van der Waals surface area contributed by atoms with Crippen LogP contribution in [0.15, 0.2) is 18.2 Å². The van der Waals surface area contributed by atoms with E-state index in [-0.39, 0.29) is 29.9 Å². The number of aliphatic hydroxyl groups is 1. The first-order valence-electron chi connectivity index (χ1n) is 12.8. The van der Waals surface area contributed by atoms with Gasteiger partial charge in [0.05, 0.1) is 25.3 Å². The Labute approximate surface area is 201 Å². The minimum Gasteiger partial charge on any atom is -0.497 e. The predicted molar refractivity (Wildman–Crippen MR) is 131 cm³/mol. The predicted octanol–water partition coefficient (Wildman–Crippen LogP) is 3.52. The highest BCUT2D eigenvalue weighted by molar-refractivity contribution is 5.90. The maximum Gasteiger partial charge on any atom is 0.223 e. The van der Waals surface area contributed by atoms with E-state index in [0.29, 0.717) is 25.3 Å². The van der Waals surface area contributed by atoms with Crippen molar-refractivity contribution >= 4 is 22.7 Å². The van der Waals surface area contributed by atoms with Gasteiger partial charge in [-0.05, 0) is 55.7 Å². The Bertz CT molecular complexity index is 1090. The molecule has 0 unspecified atom stereocenters. The number of carbonyl (C=O) groups excluding carboxylic acids is 2. The van der Waals surface area contributed by atoms with E-state index < -0.39 is 0 Å². The topological polar surface area (TPSA) is 75.0 Å². The summed E-state index contributed by atoms with van der Waals surface area (Å²) in [4.78, 5) is 30.0. The smallest absolute Gasteiger partial charge is 0.223 e. The zero-order valence-corrected chi connectivity index (χ0v) is 20.7. The number of methoxy groups -OCH3 is 1. The van der Waals surface area contributed by atoms with Gasteiger partial charge in [0, 0.05) is 62.1 Å². The molecular formula is C27H37N3O4. The standard InChI is InChI=1S/C27H37N3O4/c1-4-5-23(32)30-17-27(10-12-29(13-11-27)24(33)14-18-6-7-18)25-20-9-8-19(34-3)15-21(20)28(2)26(25)22(30)16-31/h8-9,15,18,22,31H,4-7,10-14,16-17H2,1-3H3/t22-/m0/s1. The molecule has 3 aliphatic rings. The van der Waals surface area contributed by atoms with Crippen LogP contribution >= 0.6 is 0 Å². The molecule has 0 bridgehead atoms. The van der Waals surface area contributed by atoms with Crippen LogP contribution in [0.2, 0.25) is 0 Å². The number of carbonyl (C=O) groups is 2. The van der Waals surface area contributed by atoms with Gasteiger partial charge in [-0.3, -0.25) is 9.59 Å². The second kappa shape index (κ2) is 8.91. The molecule has 184 valence electrons. The number of piperidine rings is 1. The quantitative estimate of drug-likeness (QED) is 0.705. The van der Waals surface area contributed by atoms with Gasteiger partial charge < -0.3 is 24.2 Å². The van der Waals surface area contributed by atoms with Crippen LogP contribution < -0.4 is 4.74 Å². The van der Waals surface area contributed by atoms with Gasteiger partial charge in [-0.15, -0.1) is 0 Å². The maximum absolute atomic E-state index is 13.3. The molecule has 7 heteroatoms. The lowest BCUT2D eigenvalue weighted by atomic mass is 9.68. The first-order valence-corrected chi connectivity index (χ1v) is 12.8. The normalized spacial score (nSPS) is 21.7. The summed E-state index contributed by atoms with van der Waals surface area (Å²) in [5, 5.41) is 11.6. The molecule has 0 radical (unpaired) electrons. The molecule has 1 atom stereocenters. The summed E-state index contributed by atoms with van der Waals surface area (Å²) in [6.45, 7) is 3.95. The van der Waals surface area contributed by atoms with Crippen molar-refractivity contribution < 1.29 is 19.4 Å². The first kappa shape index (κ1) is 23.2. The van der Waals surface area contributed by atoms with E-state index >= 15 is 0 Å². The number of rotatable bonds is 6. The fraction of sp³-hybridized carbons (Fsp3) is 0.630. The van der Waals surface area contributed by atoms with Crippen LogP contribution in [-0.4, -0.2) is 64.6 Å². The van der Waals surface area contributed by atoms with Gasteiger partial charge in [0.2, 0.25) is 11.8 Å². The highest BCUT2D eigenvalue weighted by Gasteiger charge is 2.49. The molecule has 34 heavy (non-hydrogen) atoms. The molecule has 1 aliphatic carbocycles. The number of ether oxygens (including phenoxy) is 1. The summed E-state index contributed by atoms with van der Waals surface area (Å²) in [7, 11) is 3.70. The Morgan fingerprint density at radius 3 is 2.53 bits per heavy atom. The summed E-state index contributed by atoms with van der Waals surface area (Å²) in [5.74, 6) is 1.76. The summed E-state index contributed by atoms with van der Waals surface area (Å²) in [5.41, 5.74) is 3.11. The maximum atomic E-state index is 13.3. The highest BCUT2D eigenvalue weighted by atomic mass is 16.5. The SMILES string of the molecule is CCCC(=O)N1CC2(CCN(C(=O)CC3CC3)CC2)c2c(n(C)c3cc(OC)ccc23)[C@@H]1CO. The van der Waals surface area contributed by atoms with E-state index in [9.17, 15) is 14.7 Å². The van der Waals surface area contributed by atoms with E-state index in [4.69, 9.17) is 4.74 Å². The Balaban J connectivity index is 1.58. The highest BCUT2D eigenvalue weighted by Crippen LogP contribution is 2.50. The largest absolute Gasteiger partial charge is 0.497 e. The lowest BCUT2D eigenvalue weighted by molar-refractivity contribution is -0.139. The molecule has 2 aromatic rings. The van der Waals surface area contributed by atoms with Gasteiger partial charge in [-0.1, -0.05) is 6.92 Å². The van der Waals surface area contributed by atoms with Crippen molar-refractivity contribution in [2.75, 3.05) is 33.4 Å². The number of hydrogen-bond donors (Lipinski definition) is 1. The number of aliphatic hydroxyl groups excluding tert-OH is 1. The third kappa shape index (κ3) is 3.78. The second-order valence-corrected chi connectivity index (χ2v) is 10.5. The number of benzene rings is 1. The second-order valence-electron chi connectivity index (χ2n) is 10.5. The molecule has 1 aromatic carbocycles. The Morgan fingerprint density at radius 2 is 1.91 bits per heavy atom. The van der Waals surface area contributed by atoms with Gasteiger partial charge in [-0.2, -0.15) is 0 Å². The molecule has 7 nitrogen and oxygen atoms in total. The lowest BCUT2D eigenvalue weighted by Gasteiger charge is -2.50. The van der Waals surface area contributed by atoms with Crippen LogP contribution in [0.5, 0.6) is 5.75 Å². The van der Waals surface area contributed by atoms with Crippen molar-refractivity contribution in [2.45, 2.75) is 63.3 Å². The Kier molecular flexibility index (Phi) is 6.09. The number of hydrogen-bond acceptors (Lipinski definition) is 4. The molecule has 1 N–H and O–H groups in total. The number of likely N-dealkylation sites (tertiary alicyclic amines) is 1. The van der Waals surface area contributed by atoms with E-state index in [2.05, 4.69) is 10.6 Å². The lowest BCUT2D eigenvalue weighted by Crippen LogP contribution is -2.56. The molecule has 2 aliphatic heterocycles. The molecule has 1 saturated heterocycles. The summed E-state index contributed by atoms with van der Waals surface area (Å²) in [6.07, 6.45) is 5.97. The van der Waals surface area contributed by atoms with Crippen molar-refractivity contribution in [3.63, 3.8) is 0 Å². The average Bonchev–Trinajstić information content (AvgIpc) is 3.62. The fourth-order valence-electron chi connectivity index (χ4n) is 6.27. The average molecular weight is 468 g/mol. The van der Waals surface area contributed by atoms with Gasteiger partial charge in [0.15, 0.2) is 0 Å². The van der Waals surface area contributed by atoms with E-state index in [1.165, 1.54) is 18.4 Å². The van der Waals surface area contributed by atoms with Crippen molar-refractivity contribution in [3.05, 3.63) is 29.5 Å². The van der Waals surface area contributed by atoms with Crippen LogP contribution in [0, 0.1) is 5.92 Å². The number of nitrogens with zero attached hydrogens (tertiary/aromatic N) is 3. The number of aromatic nitrogens is 1. The zero-order chi connectivity index (χ0) is 24.0. The van der Waals surface area contributed by atoms with Gasteiger partial charge >= 0.3 is 0 Å². The number of fused-ring (bicyclic) bond motifs is 4. The van der Waals surface area contributed by atoms with Crippen LogP contribution in [0.25, 0.3) is 10.9 Å². The summed E-state index contributed by atoms with van der Waals surface area (Å²) < 4.78 is 7.64. The van der Waals surface area contributed by atoms with Crippen LogP contribution in [-0.2, 0) is 22.1 Å². The molecule has 1 aromatic heterocycles. The number of amides is 2. The van der Waals surface area contributed by atoms with Crippen LogP contribution in [0.3, 0.4) is 0 Å². The van der Waals surface area contributed by atoms with Gasteiger partial charge in [0.1, 0.15) is 5.75 Å². The summed E-state index contributed by atoms with van der Waals surface area (Å²) >= 11 is 0. The van der Waals surface area contributed by atoms with E-state index in [1.54, 1.807) is 7.11 Å². The third-order valence-electron chi connectivity index (χ3n) is 8.34. The van der Waals surface area contributed by atoms with Crippen molar-refractivity contribution in [1.82, 2.24) is 14.4 Å². The van der Waals surface area contributed by atoms with Gasteiger partial charge in [-0.25, -0.2) is 0 Å². The minimum atomic E-state index is -0.363. The molecular weight excluding hydrogens is 430 g/mol. The van der Waals surface area contributed by atoms with E-state index in [1.807, 2.05) is 35.9 Å².